The Morgan fingerprint density at radius 2 is 2.06 bits per heavy atom. The lowest BCUT2D eigenvalue weighted by Gasteiger charge is -2.08. The lowest BCUT2D eigenvalue weighted by Crippen LogP contribution is -2.27. The van der Waals surface area contributed by atoms with E-state index in [1.54, 1.807) is 19.9 Å². The summed E-state index contributed by atoms with van der Waals surface area (Å²) in [6.07, 6.45) is 0.0698. The number of nitrogens with one attached hydrogen (secondary N) is 1. The highest BCUT2D eigenvalue weighted by Crippen LogP contribution is 2.03. The van der Waals surface area contributed by atoms with Gasteiger partial charge in [-0.25, -0.2) is 0 Å². The molecule has 0 saturated heterocycles. The molecular formula is C14H19NO3. The minimum absolute atomic E-state index is 0.120. The number of esters is 1. The Morgan fingerprint density at radius 3 is 2.67 bits per heavy atom. The summed E-state index contributed by atoms with van der Waals surface area (Å²) in [5, 5.41) is 2.69. The second kappa shape index (κ2) is 6.79. The van der Waals surface area contributed by atoms with Gasteiger partial charge in [-0.1, -0.05) is 17.7 Å². The Labute approximate surface area is 107 Å². The van der Waals surface area contributed by atoms with E-state index in [9.17, 15) is 9.59 Å². The molecule has 0 heterocycles. The maximum Gasteiger partial charge on any atom is 0.307 e. The van der Waals surface area contributed by atoms with E-state index in [0.717, 1.165) is 5.56 Å². The molecule has 0 aliphatic heterocycles. The van der Waals surface area contributed by atoms with E-state index in [-0.39, 0.29) is 24.4 Å². The fraction of sp³-hybridized carbons (Fsp3) is 0.429. The molecular weight excluding hydrogens is 230 g/mol. The van der Waals surface area contributed by atoms with Gasteiger partial charge in [-0.15, -0.1) is 0 Å². The molecule has 1 amide bonds. The first kappa shape index (κ1) is 14.2. The van der Waals surface area contributed by atoms with Crippen molar-refractivity contribution in [2.75, 3.05) is 6.54 Å². The summed E-state index contributed by atoms with van der Waals surface area (Å²) in [5.74, 6) is -0.467. The third-order valence-electron chi connectivity index (χ3n) is 2.26. The number of rotatable bonds is 5. The van der Waals surface area contributed by atoms with Gasteiger partial charge in [-0.05, 0) is 32.9 Å². The first-order chi connectivity index (χ1) is 8.49. The van der Waals surface area contributed by atoms with Gasteiger partial charge in [0, 0.05) is 12.1 Å². The lowest BCUT2D eigenvalue weighted by molar-refractivity contribution is -0.147. The van der Waals surface area contributed by atoms with Crippen LogP contribution >= 0.6 is 0 Å². The van der Waals surface area contributed by atoms with Crippen LogP contribution in [0.1, 0.15) is 36.2 Å². The van der Waals surface area contributed by atoms with Crippen LogP contribution in [0.25, 0.3) is 0 Å². The monoisotopic (exact) mass is 249 g/mol. The average molecular weight is 249 g/mol. The molecule has 0 bridgehead atoms. The molecule has 1 aromatic rings. The molecule has 0 atom stereocenters. The molecule has 0 aromatic heterocycles. The predicted molar refractivity (Wildman–Crippen MR) is 69.4 cm³/mol. The second-order valence-corrected chi connectivity index (χ2v) is 4.41. The Kier molecular flexibility index (Phi) is 5.36. The van der Waals surface area contributed by atoms with E-state index in [1.807, 2.05) is 25.1 Å². The fourth-order valence-electron chi connectivity index (χ4n) is 1.49. The van der Waals surface area contributed by atoms with Gasteiger partial charge in [0.05, 0.1) is 12.5 Å². The highest BCUT2D eigenvalue weighted by atomic mass is 16.5. The van der Waals surface area contributed by atoms with Gasteiger partial charge in [-0.3, -0.25) is 9.59 Å². The Morgan fingerprint density at radius 1 is 1.33 bits per heavy atom. The minimum Gasteiger partial charge on any atom is -0.463 e. The third-order valence-corrected chi connectivity index (χ3v) is 2.26. The largest absolute Gasteiger partial charge is 0.463 e. The molecule has 18 heavy (non-hydrogen) atoms. The number of ether oxygens (including phenoxy) is 1. The number of carbonyl (C=O) groups excluding carboxylic acids is 2. The van der Waals surface area contributed by atoms with Crippen LogP contribution < -0.4 is 5.32 Å². The van der Waals surface area contributed by atoms with Crippen LogP contribution in [0.4, 0.5) is 0 Å². The molecule has 0 saturated carbocycles. The number of hydrogen-bond acceptors (Lipinski definition) is 3. The standard InChI is InChI=1S/C14H19NO3/c1-10(2)18-13(16)7-8-15-14(17)12-6-4-5-11(3)9-12/h4-6,9-10H,7-8H2,1-3H3,(H,15,17). The molecule has 1 N–H and O–H groups in total. The van der Waals surface area contributed by atoms with Gasteiger partial charge in [0.1, 0.15) is 0 Å². The zero-order valence-corrected chi connectivity index (χ0v) is 11.0. The topological polar surface area (TPSA) is 55.4 Å². The van der Waals surface area contributed by atoms with Crippen molar-refractivity contribution in [3.8, 4) is 0 Å². The smallest absolute Gasteiger partial charge is 0.307 e. The fourth-order valence-corrected chi connectivity index (χ4v) is 1.49. The summed E-state index contributed by atoms with van der Waals surface area (Å²) in [5.41, 5.74) is 1.63. The van der Waals surface area contributed by atoms with Crippen LogP contribution in [0.15, 0.2) is 24.3 Å². The van der Waals surface area contributed by atoms with Crippen molar-refractivity contribution >= 4 is 11.9 Å². The zero-order chi connectivity index (χ0) is 13.5. The molecule has 0 fully saturated rings. The van der Waals surface area contributed by atoms with Crippen LogP contribution in [0.5, 0.6) is 0 Å². The van der Waals surface area contributed by atoms with Gasteiger partial charge in [-0.2, -0.15) is 0 Å². The van der Waals surface area contributed by atoms with E-state index in [1.165, 1.54) is 0 Å². The maximum atomic E-state index is 11.7. The molecule has 1 rings (SSSR count). The molecule has 4 nitrogen and oxygen atoms in total. The van der Waals surface area contributed by atoms with Crippen LogP contribution in [-0.4, -0.2) is 24.5 Å². The van der Waals surface area contributed by atoms with Gasteiger partial charge in [0.25, 0.3) is 5.91 Å². The summed E-state index contributed by atoms with van der Waals surface area (Å²) in [6, 6.07) is 7.31. The highest BCUT2D eigenvalue weighted by molar-refractivity contribution is 5.94. The lowest BCUT2D eigenvalue weighted by atomic mass is 10.1. The molecule has 0 aliphatic rings. The van der Waals surface area contributed by atoms with Crippen LogP contribution in [-0.2, 0) is 9.53 Å². The van der Waals surface area contributed by atoms with E-state index >= 15 is 0 Å². The number of amides is 1. The highest BCUT2D eigenvalue weighted by Gasteiger charge is 2.08. The SMILES string of the molecule is Cc1cccc(C(=O)NCCC(=O)OC(C)C)c1. The van der Waals surface area contributed by atoms with Gasteiger partial charge >= 0.3 is 5.97 Å². The van der Waals surface area contributed by atoms with Crippen molar-refractivity contribution in [2.24, 2.45) is 0 Å². The van der Waals surface area contributed by atoms with Gasteiger partial charge in [0.2, 0.25) is 0 Å². The quantitative estimate of drug-likeness (QED) is 0.813. The molecule has 4 heteroatoms. The molecule has 0 spiro atoms. The van der Waals surface area contributed by atoms with Crippen molar-refractivity contribution < 1.29 is 14.3 Å². The van der Waals surface area contributed by atoms with E-state index in [0.29, 0.717) is 12.1 Å². The Hall–Kier alpha value is -1.84. The van der Waals surface area contributed by atoms with E-state index < -0.39 is 0 Å². The number of carbonyl (C=O) groups is 2. The van der Waals surface area contributed by atoms with Crippen LogP contribution in [0, 0.1) is 6.92 Å². The second-order valence-electron chi connectivity index (χ2n) is 4.41. The predicted octanol–water partition coefficient (Wildman–Crippen LogP) is 2.07. The summed E-state index contributed by atoms with van der Waals surface area (Å²) >= 11 is 0. The third kappa shape index (κ3) is 4.99. The molecule has 0 unspecified atom stereocenters. The number of benzene rings is 1. The molecule has 1 aromatic carbocycles. The van der Waals surface area contributed by atoms with Crippen molar-refractivity contribution in [2.45, 2.75) is 33.3 Å². The first-order valence-corrected chi connectivity index (χ1v) is 6.03. The molecule has 0 radical (unpaired) electrons. The summed E-state index contributed by atoms with van der Waals surface area (Å²) in [7, 11) is 0. The Bertz CT molecular complexity index is 427. The molecule has 98 valence electrons. The number of hydrogen-bond donors (Lipinski definition) is 1. The molecule has 0 aliphatic carbocycles. The van der Waals surface area contributed by atoms with Crippen molar-refractivity contribution in [1.82, 2.24) is 5.32 Å². The zero-order valence-electron chi connectivity index (χ0n) is 11.0. The minimum atomic E-state index is -0.297. The first-order valence-electron chi connectivity index (χ1n) is 6.03. The van der Waals surface area contributed by atoms with E-state index in [2.05, 4.69) is 5.32 Å². The summed E-state index contributed by atoms with van der Waals surface area (Å²) in [6.45, 7) is 5.81. The average Bonchev–Trinajstić information content (AvgIpc) is 2.27. The summed E-state index contributed by atoms with van der Waals surface area (Å²) in [4.78, 5) is 23.0. The normalized spacial score (nSPS) is 10.2. The van der Waals surface area contributed by atoms with Crippen LogP contribution in [0.2, 0.25) is 0 Å². The van der Waals surface area contributed by atoms with Crippen LogP contribution in [0.3, 0.4) is 0 Å². The van der Waals surface area contributed by atoms with Crippen molar-refractivity contribution in [3.63, 3.8) is 0 Å². The summed E-state index contributed by atoms with van der Waals surface area (Å²) < 4.78 is 4.97. The van der Waals surface area contributed by atoms with E-state index in [4.69, 9.17) is 4.74 Å². The van der Waals surface area contributed by atoms with Crippen molar-refractivity contribution in [3.05, 3.63) is 35.4 Å². The Balaban J connectivity index is 2.36. The van der Waals surface area contributed by atoms with Gasteiger partial charge in [0.15, 0.2) is 0 Å². The maximum absolute atomic E-state index is 11.7. The number of aryl methyl sites for hydroxylation is 1. The van der Waals surface area contributed by atoms with Crippen molar-refractivity contribution in [1.29, 1.82) is 0 Å². The van der Waals surface area contributed by atoms with Gasteiger partial charge < -0.3 is 10.1 Å².